The van der Waals surface area contributed by atoms with Crippen LogP contribution < -0.4 is 10.6 Å². The minimum Gasteiger partial charge on any atom is -0.339 e. The van der Waals surface area contributed by atoms with Gasteiger partial charge in [-0.05, 0) is 43.5 Å². The van der Waals surface area contributed by atoms with Crippen LogP contribution in [0, 0.1) is 0 Å². The summed E-state index contributed by atoms with van der Waals surface area (Å²) in [5.41, 5.74) is 8.53. The zero-order chi connectivity index (χ0) is 15.7. The first-order valence-corrected chi connectivity index (χ1v) is 7.56. The van der Waals surface area contributed by atoms with Gasteiger partial charge in [-0.1, -0.05) is 5.16 Å². The summed E-state index contributed by atoms with van der Waals surface area (Å²) in [6.07, 6.45) is 2.48. The summed E-state index contributed by atoms with van der Waals surface area (Å²) < 4.78 is 5.17. The van der Waals surface area contributed by atoms with E-state index in [-0.39, 0.29) is 11.9 Å². The fourth-order valence-corrected chi connectivity index (χ4v) is 2.97. The highest BCUT2D eigenvalue weighted by Crippen LogP contribution is 2.33. The van der Waals surface area contributed by atoms with Crippen LogP contribution in [-0.2, 0) is 17.6 Å². The van der Waals surface area contributed by atoms with Gasteiger partial charge in [0.25, 0.3) is 0 Å². The van der Waals surface area contributed by atoms with Crippen LogP contribution in [0.3, 0.4) is 0 Å². The Hall–Kier alpha value is -2.21. The van der Waals surface area contributed by atoms with Gasteiger partial charge in [-0.15, -0.1) is 0 Å². The van der Waals surface area contributed by atoms with Crippen molar-refractivity contribution >= 4 is 11.6 Å². The Morgan fingerprint density at radius 1 is 1.50 bits per heavy atom. The monoisotopic (exact) mass is 300 g/mol. The highest BCUT2D eigenvalue weighted by molar-refractivity contribution is 5.93. The molecule has 1 aliphatic heterocycles. The predicted molar refractivity (Wildman–Crippen MR) is 83.4 cm³/mol. The molecular weight excluding hydrogens is 280 g/mol. The quantitative estimate of drug-likeness (QED) is 0.936. The van der Waals surface area contributed by atoms with Crippen molar-refractivity contribution in [3.63, 3.8) is 0 Å². The number of amides is 1. The smallest absolute Gasteiger partial charge is 0.228 e. The van der Waals surface area contributed by atoms with Crippen LogP contribution in [0.1, 0.15) is 31.7 Å². The average Bonchev–Trinajstić information content (AvgIpc) is 2.95. The van der Waals surface area contributed by atoms with E-state index in [4.69, 9.17) is 10.3 Å². The number of nitrogens with two attached hydrogens (primary N) is 1. The van der Waals surface area contributed by atoms with E-state index in [1.165, 1.54) is 0 Å². The number of aromatic nitrogens is 2. The lowest BCUT2D eigenvalue weighted by atomic mass is 9.94. The van der Waals surface area contributed by atoms with Gasteiger partial charge in [-0.3, -0.25) is 4.79 Å². The van der Waals surface area contributed by atoms with Gasteiger partial charge in [0.05, 0.1) is 0 Å². The number of carbonyl (C=O) groups is 1. The van der Waals surface area contributed by atoms with Gasteiger partial charge < -0.3 is 15.2 Å². The number of fused-ring (bicyclic) bond motifs is 1. The zero-order valence-electron chi connectivity index (χ0n) is 12.9. The number of hydrogen-bond donors (Lipinski definition) is 1. The van der Waals surface area contributed by atoms with Crippen molar-refractivity contribution in [3.8, 4) is 11.4 Å². The maximum atomic E-state index is 11.9. The van der Waals surface area contributed by atoms with Gasteiger partial charge in [0.15, 0.2) is 0 Å². The molecular formula is C16H20N4O2. The summed E-state index contributed by atoms with van der Waals surface area (Å²) in [5.74, 6) is 1.19. The normalized spacial score (nSPS) is 17.4. The number of nitrogens with zero attached hydrogens (tertiary/aromatic N) is 3. The summed E-state index contributed by atoms with van der Waals surface area (Å²) in [5, 5.41) is 4.00. The number of rotatable bonds is 3. The van der Waals surface area contributed by atoms with Gasteiger partial charge in [0.1, 0.15) is 0 Å². The number of anilines is 1. The summed E-state index contributed by atoms with van der Waals surface area (Å²) in [7, 11) is 0. The molecule has 1 aromatic heterocycles. The molecule has 6 nitrogen and oxygen atoms in total. The first kappa shape index (κ1) is 14.7. The number of benzene rings is 1. The van der Waals surface area contributed by atoms with E-state index in [1.807, 2.05) is 23.1 Å². The summed E-state index contributed by atoms with van der Waals surface area (Å²) in [6.45, 7) is 4.17. The minimum absolute atomic E-state index is 0.0750. The molecule has 2 aromatic rings. The molecule has 0 aliphatic carbocycles. The van der Waals surface area contributed by atoms with E-state index in [0.29, 0.717) is 24.7 Å². The van der Waals surface area contributed by atoms with Crippen molar-refractivity contribution in [1.82, 2.24) is 10.1 Å². The summed E-state index contributed by atoms with van der Waals surface area (Å²) in [6, 6.07) is 6.19. The Morgan fingerprint density at radius 2 is 2.32 bits per heavy atom. The van der Waals surface area contributed by atoms with E-state index in [2.05, 4.69) is 17.1 Å². The molecule has 0 saturated heterocycles. The molecule has 0 spiro atoms. The van der Waals surface area contributed by atoms with Crippen LogP contribution in [-0.4, -0.2) is 28.6 Å². The van der Waals surface area contributed by atoms with E-state index < -0.39 is 0 Å². The van der Waals surface area contributed by atoms with Crippen LogP contribution in [0.25, 0.3) is 11.4 Å². The van der Waals surface area contributed by atoms with E-state index in [0.717, 1.165) is 29.7 Å². The average molecular weight is 300 g/mol. The maximum Gasteiger partial charge on any atom is 0.228 e. The molecule has 0 fully saturated rings. The first-order chi connectivity index (χ1) is 10.6. The Labute approximate surface area is 129 Å². The molecule has 1 atom stereocenters. The van der Waals surface area contributed by atoms with Gasteiger partial charge in [0, 0.05) is 37.2 Å². The van der Waals surface area contributed by atoms with E-state index >= 15 is 0 Å². The van der Waals surface area contributed by atoms with Crippen molar-refractivity contribution in [2.75, 3.05) is 11.4 Å². The van der Waals surface area contributed by atoms with Gasteiger partial charge in [-0.25, -0.2) is 0 Å². The van der Waals surface area contributed by atoms with Crippen LogP contribution in [0.2, 0.25) is 0 Å². The van der Waals surface area contributed by atoms with Gasteiger partial charge >= 0.3 is 0 Å². The molecule has 0 unspecified atom stereocenters. The third-order valence-electron chi connectivity index (χ3n) is 4.03. The maximum absolute atomic E-state index is 11.9. The second kappa shape index (κ2) is 5.88. The first-order valence-electron chi connectivity index (χ1n) is 7.56. The standard InChI is InChI=1S/C16H20N4O2/c1-10-3-4-12-9-13(5-6-14(12)20(10)11(2)21)16-18-15(7-8-17)22-19-16/h5-6,9-10H,3-4,7-8,17H2,1-2H3/t10-/m0/s1. The minimum atomic E-state index is 0.0750. The molecule has 1 aliphatic rings. The van der Waals surface area contributed by atoms with Crippen LogP contribution >= 0.6 is 0 Å². The van der Waals surface area contributed by atoms with Crippen LogP contribution in [0.15, 0.2) is 22.7 Å². The fourth-order valence-electron chi connectivity index (χ4n) is 2.97. The molecule has 116 valence electrons. The predicted octanol–water partition coefficient (Wildman–Crippen LogP) is 1.93. The molecule has 1 aromatic carbocycles. The Morgan fingerprint density at radius 3 is 3.05 bits per heavy atom. The largest absolute Gasteiger partial charge is 0.339 e. The van der Waals surface area contributed by atoms with Crippen molar-refractivity contribution < 1.29 is 9.32 Å². The molecule has 0 saturated carbocycles. The molecule has 6 heteroatoms. The highest BCUT2D eigenvalue weighted by atomic mass is 16.5. The molecule has 22 heavy (non-hydrogen) atoms. The lowest BCUT2D eigenvalue weighted by Crippen LogP contribution is -2.40. The topological polar surface area (TPSA) is 85.2 Å². The lowest BCUT2D eigenvalue weighted by Gasteiger charge is -2.34. The Bertz CT molecular complexity index is 695. The molecule has 2 heterocycles. The van der Waals surface area contributed by atoms with Crippen molar-refractivity contribution in [1.29, 1.82) is 0 Å². The number of carbonyl (C=O) groups excluding carboxylic acids is 1. The van der Waals surface area contributed by atoms with Crippen LogP contribution in [0.4, 0.5) is 5.69 Å². The third-order valence-corrected chi connectivity index (χ3v) is 4.03. The molecule has 2 N–H and O–H groups in total. The molecule has 0 radical (unpaired) electrons. The molecule has 1 amide bonds. The van der Waals surface area contributed by atoms with E-state index in [1.54, 1.807) is 6.92 Å². The van der Waals surface area contributed by atoms with Gasteiger partial charge in [0.2, 0.25) is 17.6 Å². The Balaban J connectivity index is 1.95. The number of hydrogen-bond acceptors (Lipinski definition) is 5. The lowest BCUT2D eigenvalue weighted by molar-refractivity contribution is -0.117. The van der Waals surface area contributed by atoms with Crippen molar-refractivity contribution in [2.45, 2.75) is 39.2 Å². The Kier molecular flexibility index (Phi) is 3.94. The SMILES string of the molecule is CC(=O)N1c2ccc(-c3noc(CCN)n3)cc2CC[C@@H]1C. The third kappa shape index (κ3) is 2.62. The van der Waals surface area contributed by atoms with Crippen LogP contribution in [0.5, 0.6) is 0 Å². The summed E-state index contributed by atoms with van der Waals surface area (Å²) >= 11 is 0. The second-order valence-electron chi connectivity index (χ2n) is 5.67. The van der Waals surface area contributed by atoms with E-state index in [9.17, 15) is 4.79 Å². The van der Waals surface area contributed by atoms with Crippen molar-refractivity contribution in [2.24, 2.45) is 5.73 Å². The summed E-state index contributed by atoms with van der Waals surface area (Å²) in [4.78, 5) is 18.1. The second-order valence-corrected chi connectivity index (χ2v) is 5.67. The highest BCUT2D eigenvalue weighted by Gasteiger charge is 2.26. The zero-order valence-corrected chi connectivity index (χ0v) is 12.9. The van der Waals surface area contributed by atoms with Crippen molar-refractivity contribution in [3.05, 3.63) is 29.7 Å². The fraction of sp³-hybridized carbons (Fsp3) is 0.438. The molecule has 3 rings (SSSR count). The molecule has 0 bridgehead atoms. The van der Waals surface area contributed by atoms with Gasteiger partial charge in [-0.2, -0.15) is 4.98 Å². The number of aryl methyl sites for hydroxylation is 1.